The Morgan fingerprint density at radius 3 is 2.45 bits per heavy atom. The van der Waals surface area contributed by atoms with E-state index in [0.717, 1.165) is 25.9 Å². The minimum atomic E-state index is 0.157. The van der Waals surface area contributed by atoms with Gasteiger partial charge in [0, 0.05) is 20.2 Å². The normalized spacial score (nSPS) is 12.8. The summed E-state index contributed by atoms with van der Waals surface area (Å²) in [6.07, 6.45) is 0.706. The summed E-state index contributed by atoms with van der Waals surface area (Å²) in [6.45, 7) is 0. The maximum absolute atomic E-state index is 5.76. The summed E-state index contributed by atoms with van der Waals surface area (Å²) in [5.74, 6) is 0.740. The van der Waals surface area contributed by atoms with E-state index in [1.165, 1.54) is 5.56 Å². The van der Waals surface area contributed by atoms with Gasteiger partial charge in [-0.15, -0.1) is 0 Å². The molecule has 0 saturated carbocycles. The lowest BCUT2D eigenvalue weighted by molar-refractivity contribution is 0.527. The molecular formula is C15H10Br3NO. The third kappa shape index (κ3) is 3.15. The van der Waals surface area contributed by atoms with E-state index >= 15 is 0 Å². The molecule has 0 amide bonds. The van der Waals surface area contributed by atoms with E-state index < -0.39 is 0 Å². The highest BCUT2D eigenvalue weighted by Gasteiger charge is 2.14. The van der Waals surface area contributed by atoms with E-state index in [-0.39, 0.29) is 4.83 Å². The van der Waals surface area contributed by atoms with Crippen LogP contribution in [0.1, 0.15) is 16.3 Å². The number of halogens is 3. The highest BCUT2D eigenvalue weighted by Crippen LogP contribution is 2.32. The number of benzene rings is 2. The molecule has 1 atom stereocenters. The molecule has 2 nitrogen and oxygen atoms in total. The Morgan fingerprint density at radius 1 is 1.05 bits per heavy atom. The Hall–Kier alpha value is -0.650. The zero-order valence-electron chi connectivity index (χ0n) is 10.3. The molecule has 0 aliphatic rings. The second-order valence-electron chi connectivity index (χ2n) is 4.45. The number of fused-ring (bicyclic) bond motifs is 1. The Labute approximate surface area is 142 Å². The van der Waals surface area contributed by atoms with Crippen molar-refractivity contribution in [3.05, 3.63) is 62.9 Å². The standard InChI is InChI=1S/C15H10Br3NO/c16-10-5-9(6-11(17)7-10)12(18)8-15-19-13-3-1-2-4-14(13)20-15/h1-7,12H,8H2. The molecule has 0 fully saturated rings. The third-order valence-electron chi connectivity index (χ3n) is 2.94. The van der Waals surface area contributed by atoms with Crippen molar-refractivity contribution in [2.45, 2.75) is 11.2 Å². The van der Waals surface area contributed by atoms with Crippen LogP contribution in [0.2, 0.25) is 0 Å². The molecule has 1 unspecified atom stereocenters. The molecule has 0 aliphatic carbocycles. The van der Waals surface area contributed by atoms with Gasteiger partial charge in [-0.05, 0) is 35.9 Å². The molecule has 2 aromatic carbocycles. The topological polar surface area (TPSA) is 26.0 Å². The fourth-order valence-corrected chi connectivity index (χ4v) is 3.90. The number of hydrogen-bond acceptors (Lipinski definition) is 2. The molecule has 0 spiro atoms. The number of aromatic nitrogens is 1. The number of hydrogen-bond donors (Lipinski definition) is 0. The number of alkyl halides is 1. The Morgan fingerprint density at radius 2 is 1.75 bits per heavy atom. The van der Waals surface area contributed by atoms with Gasteiger partial charge in [-0.3, -0.25) is 0 Å². The van der Waals surface area contributed by atoms with Crippen LogP contribution in [0.5, 0.6) is 0 Å². The average Bonchev–Trinajstić information content (AvgIpc) is 2.79. The van der Waals surface area contributed by atoms with Gasteiger partial charge in [0.15, 0.2) is 11.5 Å². The monoisotopic (exact) mass is 457 g/mol. The highest BCUT2D eigenvalue weighted by atomic mass is 79.9. The Bertz CT molecular complexity index is 700. The number of para-hydroxylation sites is 2. The summed E-state index contributed by atoms with van der Waals surface area (Å²) in [7, 11) is 0. The maximum atomic E-state index is 5.76. The van der Waals surface area contributed by atoms with Gasteiger partial charge in [-0.25, -0.2) is 4.98 Å². The van der Waals surface area contributed by atoms with Crippen LogP contribution in [0, 0.1) is 0 Å². The Kier molecular flexibility index (Phi) is 4.29. The predicted octanol–water partition coefficient (Wildman–Crippen LogP) is 6.03. The van der Waals surface area contributed by atoms with Crippen LogP contribution >= 0.6 is 47.8 Å². The molecule has 20 heavy (non-hydrogen) atoms. The van der Waals surface area contributed by atoms with Crippen LogP contribution in [0.3, 0.4) is 0 Å². The molecule has 1 heterocycles. The zero-order chi connectivity index (χ0) is 14.1. The van der Waals surface area contributed by atoms with Crippen molar-refractivity contribution in [2.75, 3.05) is 0 Å². The van der Waals surface area contributed by atoms with Crippen molar-refractivity contribution in [1.82, 2.24) is 4.98 Å². The summed E-state index contributed by atoms with van der Waals surface area (Å²) in [5, 5.41) is 0. The van der Waals surface area contributed by atoms with Crippen LogP contribution in [-0.4, -0.2) is 4.98 Å². The smallest absolute Gasteiger partial charge is 0.196 e. The molecule has 0 aliphatic heterocycles. The van der Waals surface area contributed by atoms with Crippen molar-refractivity contribution in [3.8, 4) is 0 Å². The van der Waals surface area contributed by atoms with E-state index in [2.05, 4.69) is 64.9 Å². The first-order valence-electron chi connectivity index (χ1n) is 6.06. The average molecular weight is 460 g/mol. The van der Waals surface area contributed by atoms with Crippen LogP contribution < -0.4 is 0 Å². The van der Waals surface area contributed by atoms with Gasteiger partial charge >= 0.3 is 0 Å². The lowest BCUT2D eigenvalue weighted by atomic mass is 10.1. The van der Waals surface area contributed by atoms with Gasteiger partial charge in [0.2, 0.25) is 0 Å². The van der Waals surface area contributed by atoms with Gasteiger partial charge in [-0.2, -0.15) is 0 Å². The largest absolute Gasteiger partial charge is 0.441 e. The SMILES string of the molecule is Brc1cc(Br)cc(C(Br)Cc2nc3ccccc3o2)c1. The molecular weight excluding hydrogens is 450 g/mol. The third-order valence-corrected chi connectivity index (χ3v) is 4.71. The number of nitrogens with zero attached hydrogens (tertiary/aromatic N) is 1. The second kappa shape index (κ2) is 6.00. The fourth-order valence-electron chi connectivity index (χ4n) is 2.03. The lowest BCUT2D eigenvalue weighted by Gasteiger charge is -2.09. The minimum Gasteiger partial charge on any atom is -0.441 e. The Balaban J connectivity index is 1.86. The van der Waals surface area contributed by atoms with Crippen LogP contribution in [0.4, 0.5) is 0 Å². The van der Waals surface area contributed by atoms with Crippen LogP contribution in [-0.2, 0) is 6.42 Å². The molecule has 0 radical (unpaired) electrons. The fraction of sp³-hybridized carbons (Fsp3) is 0.133. The first kappa shape index (κ1) is 14.3. The van der Waals surface area contributed by atoms with Crippen molar-refractivity contribution in [3.63, 3.8) is 0 Å². The highest BCUT2D eigenvalue weighted by molar-refractivity contribution is 9.11. The first-order chi connectivity index (χ1) is 9.61. The van der Waals surface area contributed by atoms with E-state index in [1.54, 1.807) is 0 Å². The molecule has 102 valence electrons. The molecule has 0 saturated heterocycles. The summed E-state index contributed by atoms with van der Waals surface area (Å²) < 4.78 is 7.85. The predicted molar refractivity (Wildman–Crippen MR) is 91.2 cm³/mol. The van der Waals surface area contributed by atoms with Gasteiger partial charge in [0.1, 0.15) is 5.52 Å². The second-order valence-corrected chi connectivity index (χ2v) is 7.39. The summed E-state index contributed by atoms with van der Waals surface area (Å²) >= 11 is 10.7. The summed E-state index contributed by atoms with van der Waals surface area (Å²) in [4.78, 5) is 4.66. The van der Waals surface area contributed by atoms with Crippen LogP contribution in [0.25, 0.3) is 11.1 Å². The van der Waals surface area contributed by atoms with Crippen molar-refractivity contribution < 1.29 is 4.42 Å². The number of rotatable bonds is 3. The minimum absolute atomic E-state index is 0.157. The van der Waals surface area contributed by atoms with Crippen molar-refractivity contribution >= 4 is 58.9 Å². The quantitative estimate of drug-likeness (QED) is 0.447. The molecule has 0 N–H and O–H groups in total. The van der Waals surface area contributed by atoms with E-state index in [1.807, 2.05) is 30.3 Å². The van der Waals surface area contributed by atoms with Crippen LogP contribution in [0.15, 0.2) is 55.8 Å². The summed E-state index contributed by atoms with van der Waals surface area (Å²) in [6, 6.07) is 14.0. The number of oxazole rings is 1. The molecule has 3 rings (SSSR count). The van der Waals surface area contributed by atoms with Crippen molar-refractivity contribution in [1.29, 1.82) is 0 Å². The van der Waals surface area contributed by atoms with Gasteiger partial charge < -0.3 is 4.42 Å². The zero-order valence-corrected chi connectivity index (χ0v) is 15.1. The van der Waals surface area contributed by atoms with E-state index in [0.29, 0.717) is 6.42 Å². The van der Waals surface area contributed by atoms with Gasteiger partial charge in [0.05, 0.1) is 0 Å². The lowest BCUT2D eigenvalue weighted by Crippen LogP contribution is -1.96. The van der Waals surface area contributed by atoms with E-state index in [4.69, 9.17) is 4.42 Å². The maximum Gasteiger partial charge on any atom is 0.196 e. The van der Waals surface area contributed by atoms with Gasteiger partial charge in [-0.1, -0.05) is 59.9 Å². The molecule has 3 aromatic rings. The van der Waals surface area contributed by atoms with E-state index in [9.17, 15) is 0 Å². The van der Waals surface area contributed by atoms with Crippen molar-refractivity contribution in [2.24, 2.45) is 0 Å². The first-order valence-corrected chi connectivity index (χ1v) is 8.56. The van der Waals surface area contributed by atoms with Gasteiger partial charge in [0.25, 0.3) is 0 Å². The molecule has 1 aromatic heterocycles. The molecule has 0 bridgehead atoms. The summed E-state index contributed by atoms with van der Waals surface area (Å²) in [5.41, 5.74) is 2.91. The molecule has 5 heteroatoms.